The van der Waals surface area contributed by atoms with Gasteiger partial charge in [0.25, 0.3) is 0 Å². The second-order valence-corrected chi connectivity index (χ2v) is 9.64. The first-order valence-corrected chi connectivity index (χ1v) is 12.8. The number of thioether (sulfide) groups is 1. The van der Waals surface area contributed by atoms with Crippen LogP contribution < -0.4 is 18.9 Å². The average Bonchev–Trinajstić information content (AvgIpc) is 3.53. The number of nitrogens with one attached hydrogen (secondary N) is 1. The number of aliphatic hydroxyl groups is 1. The first-order valence-electron chi connectivity index (χ1n) is 11.5. The maximum absolute atomic E-state index is 13.0. The molecule has 4 aromatic rings. The third-order valence-corrected chi connectivity index (χ3v) is 8.03. The van der Waals surface area contributed by atoms with Gasteiger partial charge in [-0.2, -0.15) is 5.10 Å². The summed E-state index contributed by atoms with van der Waals surface area (Å²) in [5.41, 5.74) is 0.962. The molecule has 3 aromatic carbocycles. The summed E-state index contributed by atoms with van der Waals surface area (Å²) in [7, 11) is 4.80. The number of rotatable bonds is 6. The van der Waals surface area contributed by atoms with Crippen molar-refractivity contribution in [1.29, 1.82) is 0 Å². The van der Waals surface area contributed by atoms with Crippen LogP contribution in [-0.2, 0) is 11.2 Å². The van der Waals surface area contributed by atoms with Crippen molar-refractivity contribution < 1.29 is 24.1 Å². The van der Waals surface area contributed by atoms with Gasteiger partial charge in [0.2, 0.25) is 0 Å². The van der Waals surface area contributed by atoms with Crippen LogP contribution in [0.25, 0.3) is 0 Å². The molecule has 1 aliphatic carbocycles. The fourth-order valence-electron chi connectivity index (χ4n) is 5.85. The molecule has 1 aromatic heterocycles. The number of ether oxygens (including phenoxy) is 4. The Morgan fingerprint density at radius 1 is 0.944 bits per heavy atom. The van der Waals surface area contributed by atoms with E-state index < -0.39 is 11.2 Å². The lowest BCUT2D eigenvalue weighted by Crippen LogP contribution is -2.49. The molecule has 2 aliphatic rings. The lowest BCUT2D eigenvalue weighted by Gasteiger charge is -2.40. The van der Waals surface area contributed by atoms with Crippen molar-refractivity contribution >= 4 is 11.8 Å². The first-order chi connectivity index (χ1) is 17.5. The zero-order chi connectivity index (χ0) is 25.1. The molecule has 3 unspecified atom stereocenters. The number of fused-ring (bicyclic) bond motifs is 5. The topological polar surface area (TPSA) is 85.8 Å². The van der Waals surface area contributed by atoms with E-state index in [4.69, 9.17) is 18.9 Å². The van der Waals surface area contributed by atoms with Crippen LogP contribution in [0.4, 0.5) is 0 Å². The summed E-state index contributed by atoms with van der Waals surface area (Å²) in [5, 5.41) is 21.6. The maximum atomic E-state index is 13.0. The molecule has 36 heavy (non-hydrogen) atoms. The minimum absolute atomic E-state index is 0.378. The van der Waals surface area contributed by atoms with Gasteiger partial charge in [-0.25, -0.2) is 0 Å². The number of benzene rings is 3. The van der Waals surface area contributed by atoms with E-state index in [9.17, 15) is 5.11 Å². The van der Waals surface area contributed by atoms with Crippen molar-refractivity contribution in [3.8, 4) is 23.0 Å². The summed E-state index contributed by atoms with van der Waals surface area (Å²) >= 11 is 1.53. The molecule has 6 rings (SSSR count). The Labute approximate surface area is 213 Å². The van der Waals surface area contributed by atoms with Gasteiger partial charge in [0, 0.05) is 23.3 Å². The van der Waals surface area contributed by atoms with Crippen LogP contribution in [0.15, 0.2) is 71.8 Å². The van der Waals surface area contributed by atoms with Gasteiger partial charge in [-0.3, -0.25) is 5.10 Å². The SMILES string of the molecule is COc1ccc(C23Oc4cc(OC)cc(OC)c4C2(O)c2[nH]nc(SC)c2C3c2ccccc2)cc1. The largest absolute Gasteiger partial charge is 0.497 e. The Bertz CT molecular complexity index is 1440. The maximum Gasteiger partial charge on any atom is 0.184 e. The van der Waals surface area contributed by atoms with Crippen molar-refractivity contribution in [3.63, 3.8) is 0 Å². The summed E-state index contributed by atoms with van der Waals surface area (Å²) in [4.78, 5) is 0. The number of hydrogen-bond acceptors (Lipinski definition) is 7. The van der Waals surface area contributed by atoms with Crippen LogP contribution in [0.1, 0.15) is 33.9 Å². The fourth-order valence-corrected chi connectivity index (χ4v) is 6.43. The molecule has 0 saturated heterocycles. The van der Waals surface area contributed by atoms with Gasteiger partial charge in [0.15, 0.2) is 11.2 Å². The van der Waals surface area contributed by atoms with Gasteiger partial charge in [0.05, 0.1) is 38.5 Å². The first kappa shape index (κ1) is 22.8. The molecule has 1 aliphatic heterocycles. The quantitative estimate of drug-likeness (QED) is 0.366. The molecule has 0 amide bonds. The highest BCUT2D eigenvalue weighted by atomic mass is 32.2. The minimum atomic E-state index is -1.63. The zero-order valence-corrected chi connectivity index (χ0v) is 21.2. The molecule has 0 saturated carbocycles. The highest BCUT2D eigenvalue weighted by Gasteiger charge is 2.73. The van der Waals surface area contributed by atoms with Gasteiger partial charge in [-0.1, -0.05) is 42.5 Å². The highest BCUT2D eigenvalue weighted by Crippen LogP contribution is 2.70. The molecule has 8 heteroatoms. The standard InChI is InChI=1S/C28H26N2O5S/c1-32-18-12-10-17(11-13-18)28-23(16-8-6-5-7-9-16)22-25(29-30-26(22)36-4)27(28,31)24-20(34-3)14-19(33-2)15-21(24)35-28/h5-15,23,31H,1-4H3,(H,29,30). The van der Waals surface area contributed by atoms with Gasteiger partial charge in [-0.05, 0) is 24.0 Å². The zero-order valence-electron chi connectivity index (χ0n) is 20.4. The predicted octanol–water partition coefficient (Wildman–Crippen LogP) is 4.83. The molecular formula is C28H26N2O5S. The lowest BCUT2D eigenvalue weighted by molar-refractivity contribution is -0.0918. The van der Waals surface area contributed by atoms with Crippen LogP contribution in [0.5, 0.6) is 23.0 Å². The molecule has 7 nitrogen and oxygen atoms in total. The molecule has 184 valence electrons. The van der Waals surface area contributed by atoms with Crippen molar-refractivity contribution in [2.75, 3.05) is 27.6 Å². The number of H-pyrrole nitrogens is 1. The van der Waals surface area contributed by atoms with Crippen LogP contribution >= 0.6 is 11.8 Å². The van der Waals surface area contributed by atoms with Gasteiger partial charge >= 0.3 is 0 Å². The third kappa shape index (κ3) is 2.77. The second-order valence-electron chi connectivity index (χ2n) is 8.84. The molecule has 0 spiro atoms. The predicted molar refractivity (Wildman–Crippen MR) is 136 cm³/mol. The van der Waals surface area contributed by atoms with Crippen LogP contribution in [0.2, 0.25) is 0 Å². The average molecular weight is 503 g/mol. The van der Waals surface area contributed by atoms with Gasteiger partial charge in [0.1, 0.15) is 28.0 Å². The normalized spacial score (nSPS) is 23.4. The smallest absolute Gasteiger partial charge is 0.184 e. The Hall–Kier alpha value is -3.62. The molecule has 0 radical (unpaired) electrons. The molecule has 3 atom stereocenters. The van der Waals surface area contributed by atoms with E-state index in [1.807, 2.05) is 48.7 Å². The fraction of sp³-hybridized carbons (Fsp3) is 0.250. The number of hydrogen-bond donors (Lipinski definition) is 2. The summed E-state index contributed by atoms with van der Waals surface area (Å²) in [6, 6.07) is 21.3. The molecule has 0 bridgehead atoms. The molecule has 0 fully saturated rings. The van der Waals surface area contributed by atoms with E-state index in [0.717, 1.165) is 21.7 Å². The summed E-state index contributed by atoms with van der Waals surface area (Å²) in [6.45, 7) is 0. The van der Waals surface area contributed by atoms with Gasteiger partial charge < -0.3 is 24.1 Å². The molecule has 2 N–H and O–H groups in total. The monoisotopic (exact) mass is 502 g/mol. The third-order valence-electron chi connectivity index (χ3n) is 7.34. The summed E-state index contributed by atoms with van der Waals surface area (Å²) in [6.07, 6.45) is 1.98. The van der Waals surface area contributed by atoms with Crippen molar-refractivity contribution in [3.05, 3.63) is 94.7 Å². The van der Waals surface area contributed by atoms with E-state index in [1.165, 1.54) is 11.8 Å². The summed E-state index contributed by atoms with van der Waals surface area (Å²) in [5.74, 6) is 1.88. The van der Waals surface area contributed by atoms with Crippen molar-refractivity contribution in [2.45, 2.75) is 22.1 Å². The van der Waals surface area contributed by atoms with E-state index in [0.29, 0.717) is 34.3 Å². The molecular weight excluding hydrogens is 476 g/mol. The molecule has 2 heterocycles. The van der Waals surface area contributed by atoms with E-state index >= 15 is 0 Å². The second kappa shape index (κ2) is 8.21. The Balaban J connectivity index is 1.74. The Kier molecular flexibility index (Phi) is 5.21. The Morgan fingerprint density at radius 2 is 1.67 bits per heavy atom. The van der Waals surface area contributed by atoms with Crippen molar-refractivity contribution in [1.82, 2.24) is 10.2 Å². The van der Waals surface area contributed by atoms with Crippen LogP contribution in [0.3, 0.4) is 0 Å². The lowest BCUT2D eigenvalue weighted by atomic mass is 9.70. The Morgan fingerprint density at radius 3 is 2.31 bits per heavy atom. The van der Waals surface area contributed by atoms with E-state index in [2.05, 4.69) is 22.3 Å². The minimum Gasteiger partial charge on any atom is -0.497 e. The van der Waals surface area contributed by atoms with E-state index in [1.54, 1.807) is 33.5 Å². The summed E-state index contributed by atoms with van der Waals surface area (Å²) < 4.78 is 23.7. The van der Waals surface area contributed by atoms with E-state index in [-0.39, 0.29) is 5.92 Å². The van der Waals surface area contributed by atoms with Gasteiger partial charge in [-0.15, -0.1) is 11.8 Å². The number of nitrogens with zero attached hydrogens (tertiary/aromatic N) is 1. The number of aromatic amines is 1. The van der Waals surface area contributed by atoms with Crippen LogP contribution in [0, 0.1) is 0 Å². The highest BCUT2D eigenvalue weighted by molar-refractivity contribution is 7.98. The number of aromatic nitrogens is 2. The van der Waals surface area contributed by atoms with Crippen LogP contribution in [-0.4, -0.2) is 42.9 Å². The van der Waals surface area contributed by atoms with Crippen molar-refractivity contribution in [2.24, 2.45) is 0 Å². The number of methoxy groups -OCH3 is 3.